The molecule has 0 saturated heterocycles. The minimum absolute atomic E-state index is 0.544. The van der Waals surface area contributed by atoms with E-state index in [-0.39, 0.29) is 0 Å². The van der Waals surface area contributed by atoms with Crippen LogP contribution < -0.4 is 0 Å². The Bertz CT molecular complexity index is 538. The van der Waals surface area contributed by atoms with Gasteiger partial charge in [0.25, 0.3) is 0 Å². The van der Waals surface area contributed by atoms with Gasteiger partial charge in [0.2, 0.25) is 0 Å². The molecule has 1 aromatic heterocycles. The Morgan fingerprint density at radius 3 is 2.83 bits per heavy atom. The highest BCUT2D eigenvalue weighted by Crippen LogP contribution is 2.30. The summed E-state index contributed by atoms with van der Waals surface area (Å²) in [5, 5.41) is 10.8. The van der Waals surface area contributed by atoms with Gasteiger partial charge in [0.1, 0.15) is 0 Å². The van der Waals surface area contributed by atoms with E-state index in [4.69, 9.17) is 11.6 Å². The van der Waals surface area contributed by atoms with Gasteiger partial charge in [-0.3, -0.25) is 4.98 Å². The molecule has 0 saturated carbocycles. The van der Waals surface area contributed by atoms with Crippen LogP contribution in [0.2, 0.25) is 5.02 Å². The normalized spacial score (nSPS) is 12.4. The summed E-state index contributed by atoms with van der Waals surface area (Å²) in [6.07, 6.45) is 2.80. The van der Waals surface area contributed by atoms with E-state index >= 15 is 0 Å². The van der Waals surface area contributed by atoms with E-state index in [0.717, 1.165) is 14.9 Å². The summed E-state index contributed by atoms with van der Waals surface area (Å²) >= 11 is 10.9. The van der Waals surface area contributed by atoms with Crippen LogP contribution in [0, 0.1) is 0 Å². The van der Waals surface area contributed by atoms with Crippen molar-refractivity contribution >= 4 is 39.3 Å². The highest BCUT2D eigenvalue weighted by Gasteiger charge is 2.10. The summed E-state index contributed by atoms with van der Waals surface area (Å²) in [5.41, 5.74) is 0.795. The first-order valence-electron chi connectivity index (χ1n) is 5.32. The van der Waals surface area contributed by atoms with Gasteiger partial charge < -0.3 is 5.11 Å². The number of aliphatic hydroxyl groups excluding tert-OH is 1. The van der Waals surface area contributed by atoms with Gasteiger partial charge in [-0.25, -0.2) is 0 Å². The van der Waals surface area contributed by atoms with E-state index in [2.05, 4.69) is 20.9 Å². The maximum absolute atomic E-state index is 10.1. The van der Waals surface area contributed by atoms with Gasteiger partial charge in [-0.15, -0.1) is 11.8 Å². The Balaban J connectivity index is 2.00. The first kappa shape index (κ1) is 13.9. The molecule has 0 radical (unpaired) electrons. The summed E-state index contributed by atoms with van der Waals surface area (Å²) in [6, 6.07) is 9.48. The SMILES string of the molecule is OC(CSc1ccccc1Cl)c1cncc(Br)c1. The Kier molecular flexibility index (Phi) is 5.06. The molecule has 0 fully saturated rings. The number of hydrogen-bond acceptors (Lipinski definition) is 3. The number of pyridine rings is 1. The third-order valence-electron chi connectivity index (χ3n) is 2.34. The van der Waals surface area contributed by atoms with Crippen LogP contribution >= 0.6 is 39.3 Å². The van der Waals surface area contributed by atoms with E-state index in [0.29, 0.717) is 10.8 Å². The lowest BCUT2D eigenvalue weighted by atomic mass is 10.2. The number of nitrogens with zero attached hydrogens (tertiary/aromatic N) is 1. The van der Waals surface area contributed by atoms with E-state index in [9.17, 15) is 5.11 Å². The van der Waals surface area contributed by atoms with Crippen molar-refractivity contribution in [1.82, 2.24) is 4.98 Å². The average molecular weight is 345 g/mol. The highest BCUT2D eigenvalue weighted by molar-refractivity contribution is 9.10. The monoisotopic (exact) mass is 343 g/mol. The second-order valence-corrected chi connectivity index (χ2v) is 6.08. The molecule has 5 heteroatoms. The molecule has 18 heavy (non-hydrogen) atoms. The van der Waals surface area contributed by atoms with E-state index in [1.807, 2.05) is 30.3 Å². The molecule has 0 aliphatic carbocycles. The minimum atomic E-state index is -0.559. The van der Waals surface area contributed by atoms with Gasteiger partial charge in [0.15, 0.2) is 0 Å². The fourth-order valence-electron chi connectivity index (χ4n) is 1.44. The number of halogens is 2. The number of benzene rings is 1. The molecule has 1 heterocycles. The van der Waals surface area contributed by atoms with E-state index in [1.54, 1.807) is 12.4 Å². The van der Waals surface area contributed by atoms with Gasteiger partial charge in [0.05, 0.1) is 11.1 Å². The number of aromatic nitrogens is 1. The predicted molar refractivity (Wildman–Crippen MR) is 79.1 cm³/mol. The van der Waals surface area contributed by atoms with Gasteiger partial charge in [-0.2, -0.15) is 0 Å². The van der Waals surface area contributed by atoms with Crippen molar-refractivity contribution < 1.29 is 5.11 Å². The lowest BCUT2D eigenvalue weighted by Crippen LogP contribution is -2.01. The minimum Gasteiger partial charge on any atom is -0.387 e. The van der Waals surface area contributed by atoms with Crippen molar-refractivity contribution in [3.63, 3.8) is 0 Å². The smallest absolute Gasteiger partial charge is 0.0899 e. The number of rotatable bonds is 4. The van der Waals surface area contributed by atoms with Crippen molar-refractivity contribution in [2.75, 3.05) is 5.75 Å². The van der Waals surface area contributed by atoms with Crippen molar-refractivity contribution in [1.29, 1.82) is 0 Å². The standard InChI is InChI=1S/C13H11BrClNOS/c14-10-5-9(6-16-7-10)12(17)8-18-13-4-2-1-3-11(13)15/h1-7,12,17H,8H2. The Hall–Kier alpha value is -0.550. The van der Waals surface area contributed by atoms with Gasteiger partial charge in [-0.05, 0) is 34.1 Å². The molecular formula is C13H11BrClNOS. The summed E-state index contributed by atoms with van der Waals surface area (Å²) in [6.45, 7) is 0. The third-order valence-corrected chi connectivity index (χ3v) is 4.37. The number of aliphatic hydroxyl groups is 1. The molecule has 2 aromatic rings. The first-order valence-corrected chi connectivity index (χ1v) is 7.48. The molecule has 1 atom stereocenters. The predicted octanol–water partition coefficient (Wildman–Crippen LogP) is 4.32. The fourth-order valence-corrected chi connectivity index (χ4v) is 3.03. The lowest BCUT2D eigenvalue weighted by molar-refractivity contribution is 0.203. The molecule has 1 N–H and O–H groups in total. The van der Waals surface area contributed by atoms with Gasteiger partial charge >= 0.3 is 0 Å². The van der Waals surface area contributed by atoms with Crippen LogP contribution in [-0.4, -0.2) is 15.8 Å². The van der Waals surface area contributed by atoms with Crippen LogP contribution in [0.4, 0.5) is 0 Å². The molecule has 2 nitrogen and oxygen atoms in total. The van der Waals surface area contributed by atoms with E-state index < -0.39 is 6.10 Å². The number of thioether (sulfide) groups is 1. The van der Waals surface area contributed by atoms with Crippen LogP contribution in [0.15, 0.2) is 52.1 Å². The number of hydrogen-bond donors (Lipinski definition) is 1. The molecule has 0 aliphatic heterocycles. The lowest BCUT2D eigenvalue weighted by Gasteiger charge is -2.11. The zero-order valence-electron chi connectivity index (χ0n) is 9.38. The Morgan fingerprint density at radius 1 is 1.33 bits per heavy atom. The molecule has 0 amide bonds. The highest BCUT2D eigenvalue weighted by atomic mass is 79.9. The van der Waals surface area contributed by atoms with Crippen molar-refractivity contribution in [2.45, 2.75) is 11.0 Å². The molecule has 2 rings (SSSR count). The largest absolute Gasteiger partial charge is 0.387 e. The summed E-state index contributed by atoms with van der Waals surface area (Å²) in [7, 11) is 0. The van der Waals surface area contributed by atoms with Crippen LogP contribution in [0.25, 0.3) is 0 Å². The zero-order chi connectivity index (χ0) is 13.0. The quantitative estimate of drug-likeness (QED) is 0.838. The van der Waals surface area contributed by atoms with Crippen LogP contribution in [0.5, 0.6) is 0 Å². The summed E-state index contributed by atoms with van der Waals surface area (Å²) in [5.74, 6) is 0.544. The summed E-state index contributed by atoms with van der Waals surface area (Å²) in [4.78, 5) is 5.01. The topological polar surface area (TPSA) is 33.1 Å². The van der Waals surface area contributed by atoms with Crippen LogP contribution in [0.1, 0.15) is 11.7 Å². The molecule has 1 unspecified atom stereocenters. The Labute approximate surface area is 124 Å². The van der Waals surface area contributed by atoms with Crippen LogP contribution in [-0.2, 0) is 0 Å². The average Bonchev–Trinajstić information content (AvgIpc) is 2.37. The maximum atomic E-state index is 10.1. The van der Waals surface area contributed by atoms with Crippen LogP contribution in [0.3, 0.4) is 0 Å². The molecule has 94 valence electrons. The first-order chi connectivity index (χ1) is 8.66. The van der Waals surface area contributed by atoms with Crippen molar-refractivity contribution in [3.8, 4) is 0 Å². The zero-order valence-corrected chi connectivity index (χ0v) is 12.5. The van der Waals surface area contributed by atoms with E-state index in [1.165, 1.54) is 11.8 Å². The molecule has 0 bridgehead atoms. The molecule has 0 spiro atoms. The molecule has 1 aromatic carbocycles. The molecule has 0 aliphatic rings. The fraction of sp³-hybridized carbons (Fsp3) is 0.154. The Morgan fingerprint density at radius 2 is 2.11 bits per heavy atom. The second-order valence-electron chi connectivity index (χ2n) is 3.69. The molecular weight excluding hydrogens is 334 g/mol. The van der Waals surface area contributed by atoms with Crippen molar-refractivity contribution in [3.05, 3.63) is 57.8 Å². The van der Waals surface area contributed by atoms with Gasteiger partial charge in [0, 0.05) is 33.1 Å². The second kappa shape index (κ2) is 6.57. The maximum Gasteiger partial charge on any atom is 0.0899 e. The van der Waals surface area contributed by atoms with Crippen molar-refractivity contribution in [2.24, 2.45) is 0 Å². The third kappa shape index (κ3) is 3.72. The summed E-state index contributed by atoms with van der Waals surface area (Å²) < 4.78 is 0.863. The van der Waals surface area contributed by atoms with Gasteiger partial charge in [-0.1, -0.05) is 23.7 Å².